The molecule has 2 atom stereocenters. The first-order valence-electron chi connectivity index (χ1n) is 9.88. The van der Waals surface area contributed by atoms with Crippen molar-refractivity contribution in [3.05, 3.63) is 41.0 Å². The quantitative estimate of drug-likeness (QED) is 0.568. The van der Waals surface area contributed by atoms with E-state index < -0.39 is 16.9 Å². The van der Waals surface area contributed by atoms with Crippen LogP contribution in [-0.2, 0) is 11.2 Å². The van der Waals surface area contributed by atoms with Crippen molar-refractivity contribution < 1.29 is 38.7 Å². The van der Waals surface area contributed by atoms with Crippen LogP contribution in [0.2, 0.25) is 0 Å². The van der Waals surface area contributed by atoms with Crippen LogP contribution in [0.3, 0.4) is 0 Å². The number of aliphatic carboxylic acids is 1. The third-order valence-electron chi connectivity index (χ3n) is 5.31. The summed E-state index contributed by atoms with van der Waals surface area (Å²) in [5.41, 5.74) is 0.391. The van der Waals surface area contributed by atoms with E-state index in [-0.39, 0.29) is 53.8 Å². The van der Waals surface area contributed by atoms with Crippen LogP contribution in [0.25, 0.3) is 0 Å². The molecule has 2 aromatic rings. The Morgan fingerprint density at radius 3 is 2.41 bits per heavy atom. The van der Waals surface area contributed by atoms with Gasteiger partial charge in [-0.2, -0.15) is 0 Å². The molecule has 2 aromatic carbocycles. The number of carboxylic acids is 1. The summed E-state index contributed by atoms with van der Waals surface area (Å²) in [5.74, 6) is -0.469. The van der Waals surface area contributed by atoms with Crippen LogP contribution in [0.4, 0.5) is 0 Å². The molecule has 0 saturated carbocycles. The predicted octanol–water partition coefficient (Wildman–Crippen LogP) is 3.76. The fraction of sp³-hybridized carbons (Fsp3) is 0.391. The number of carboxylic acid groups (broad SMARTS) is 1. The molecule has 1 aliphatic rings. The summed E-state index contributed by atoms with van der Waals surface area (Å²) in [6.07, 6.45) is 0.234. The number of fused-ring (bicyclic) bond motifs is 1. The fourth-order valence-electron chi connectivity index (χ4n) is 3.63. The Hall–Kier alpha value is -3.13. The minimum Gasteiger partial charge on any atom is -0.504 e. The van der Waals surface area contributed by atoms with Crippen LogP contribution in [0.5, 0.6) is 28.7 Å². The van der Waals surface area contributed by atoms with E-state index in [2.05, 4.69) is 0 Å². The van der Waals surface area contributed by atoms with Gasteiger partial charge in [0.2, 0.25) is 11.5 Å². The van der Waals surface area contributed by atoms with Crippen molar-refractivity contribution in [2.24, 2.45) is 0 Å². The highest BCUT2D eigenvalue weighted by Crippen LogP contribution is 2.52. The number of phenols is 1. The molecule has 0 fully saturated rings. The summed E-state index contributed by atoms with van der Waals surface area (Å²) in [6, 6.07) is 6.87. The number of rotatable bonds is 8. The third-order valence-corrected chi connectivity index (χ3v) is 5.65. The minimum atomic E-state index is -1.07. The first-order valence-corrected chi connectivity index (χ1v) is 10.3. The Bertz CT molecular complexity index is 1030. The number of phenolic OH excluding ortho intramolecular Hbond substituents is 1. The molecule has 2 unspecified atom stereocenters. The molecule has 0 amide bonds. The zero-order valence-corrected chi connectivity index (χ0v) is 19.0. The van der Waals surface area contributed by atoms with E-state index in [1.807, 2.05) is 0 Å². The van der Waals surface area contributed by atoms with Gasteiger partial charge in [-0.05, 0) is 38.0 Å². The highest BCUT2D eigenvalue weighted by molar-refractivity contribution is 6.29. The van der Waals surface area contributed by atoms with Gasteiger partial charge in [-0.1, -0.05) is 12.1 Å². The molecule has 1 heterocycles. The maximum Gasteiger partial charge on any atom is 0.321 e. The summed E-state index contributed by atoms with van der Waals surface area (Å²) in [4.78, 5) is 23.8. The molecule has 1 aliphatic heterocycles. The van der Waals surface area contributed by atoms with Gasteiger partial charge in [-0.15, -0.1) is 11.6 Å². The molecule has 172 valence electrons. The molecule has 0 aromatic heterocycles. The van der Waals surface area contributed by atoms with E-state index in [0.717, 1.165) is 5.56 Å². The topological polar surface area (TPSA) is 112 Å². The van der Waals surface area contributed by atoms with Crippen molar-refractivity contribution in [2.45, 2.75) is 37.7 Å². The van der Waals surface area contributed by atoms with Gasteiger partial charge >= 0.3 is 5.97 Å². The Labute approximate surface area is 190 Å². The number of hydrogen-bond acceptors (Lipinski definition) is 7. The highest BCUT2D eigenvalue weighted by atomic mass is 35.5. The average molecular weight is 465 g/mol. The number of methoxy groups -OCH3 is 2. The summed E-state index contributed by atoms with van der Waals surface area (Å²) < 4.78 is 22.7. The van der Waals surface area contributed by atoms with E-state index in [1.54, 1.807) is 38.1 Å². The lowest BCUT2D eigenvalue weighted by atomic mass is 9.89. The molecule has 32 heavy (non-hydrogen) atoms. The Kier molecular flexibility index (Phi) is 6.74. The number of benzene rings is 2. The number of ether oxygens (including phenoxy) is 4. The van der Waals surface area contributed by atoms with Crippen molar-refractivity contribution in [3.63, 3.8) is 0 Å². The van der Waals surface area contributed by atoms with Crippen LogP contribution >= 0.6 is 11.6 Å². The van der Waals surface area contributed by atoms with Gasteiger partial charge in [0, 0.05) is 5.56 Å². The van der Waals surface area contributed by atoms with E-state index in [9.17, 15) is 14.7 Å². The Morgan fingerprint density at radius 1 is 1.22 bits per heavy atom. The predicted molar refractivity (Wildman–Crippen MR) is 117 cm³/mol. The molecule has 0 saturated heterocycles. The normalized spacial score (nSPS) is 18.3. The summed E-state index contributed by atoms with van der Waals surface area (Å²) in [5, 5.41) is 18.3. The number of aromatic hydroxyl groups is 1. The third kappa shape index (κ3) is 4.55. The molecule has 0 radical (unpaired) electrons. The Balaban J connectivity index is 1.79. The van der Waals surface area contributed by atoms with Gasteiger partial charge in [-0.25, -0.2) is 0 Å². The van der Waals surface area contributed by atoms with Gasteiger partial charge in [0.1, 0.15) is 23.3 Å². The first kappa shape index (κ1) is 23.5. The van der Waals surface area contributed by atoms with Gasteiger partial charge in [0.25, 0.3) is 0 Å². The van der Waals surface area contributed by atoms with Gasteiger partial charge in [0.05, 0.1) is 26.2 Å². The lowest BCUT2D eigenvalue weighted by Gasteiger charge is -2.36. The van der Waals surface area contributed by atoms with Crippen molar-refractivity contribution in [1.29, 1.82) is 0 Å². The largest absolute Gasteiger partial charge is 0.504 e. The highest BCUT2D eigenvalue weighted by Gasteiger charge is 2.42. The number of carbonyl (C=O) groups is 2. The second-order valence-corrected chi connectivity index (χ2v) is 8.37. The van der Waals surface area contributed by atoms with Crippen molar-refractivity contribution in [1.82, 2.24) is 0 Å². The minimum absolute atomic E-state index is 0.0420. The molecule has 8 nitrogen and oxygen atoms in total. The molecular formula is C23H25ClO8. The van der Waals surface area contributed by atoms with E-state index in [4.69, 9.17) is 35.7 Å². The SMILES string of the molecule is COc1c(O)c(C)c2c(c1OC)OC(C)(COc1ccc(CC(Cl)C(=O)O)cc1)CC2=O. The zero-order chi connectivity index (χ0) is 23.6. The molecule has 0 spiro atoms. The number of alkyl halides is 1. The smallest absolute Gasteiger partial charge is 0.321 e. The second kappa shape index (κ2) is 9.16. The Morgan fingerprint density at radius 2 is 1.84 bits per heavy atom. The molecule has 2 N–H and O–H groups in total. The number of carbonyl (C=O) groups excluding carboxylic acids is 1. The summed E-state index contributed by atoms with van der Waals surface area (Å²) in [6.45, 7) is 3.44. The molecule has 0 bridgehead atoms. The lowest BCUT2D eigenvalue weighted by Crippen LogP contribution is -2.44. The van der Waals surface area contributed by atoms with E-state index in [1.165, 1.54) is 14.2 Å². The second-order valence-electron chi connectivity index (χ2n) is 7.84. The van der Waals surface area contributed by atoms with Crippen LogP contribution in [0, 0.1) is 6.92 Å². The maximum absolute atomic E-state index is 13.0. The molecule has 9 heteroatoms. The van der Waals surface area contributed by atoms with Crippen molar-refractivity contribution in [3.8, 4) is 28.7 Å². The molecular weight excluding hydrogens is 440 g/mol. The van der Waals surface area contributed by atoms with Crippen LogP contribution in [0.15, 0.2) is 24.3 Å². The monoisotopic (exact) mass is 464 g/mol. The summed E-state index contributed by atoms with van der Waals surface area (Å²) in [7, 11) is 2.80. The van der Waals surface area contributed by atoms with Crippen molar-refractivity contribution in [2.75, 3.05) is 20.8 Å². The van der Waals surface area contributed by atoms with Crippen molar-refractivity contribution >= 4 is 23.4 Å². The lowest BCUT2D eigenvalue weighted by molar-refractivity contribution is -0.136. The standard InChI is InChI=1S/C23H25ClO8/c1-12-17-16(25)10-23(2,32-19(17)21(30-4)20(29-3)18(12)26)11-31-14-7-5-13(6-8-14)9-15(24)22(27)28/h5-8,15,26H,9-11H2,1-4H3,(H,27,28). The fourth-order valence-corrected chi connectivity index (χ4v) is 3.81. The molecule has 3 rings (SSSR count). The number of ketones is 1. The van der Waals surface area contributed by atoms with Gasteiger partial charge in [-0.3, -0.25) is 9.59 Å². The molecule has 0 aliphatic carbocycles. The van der Waals surface area contributed by atoms with Crippen LogP contribution < -0.4 is 18.9 Å². The average Bonchev–Trinajstić information content (AvgIpc) is 2.75. The number of halogens is 1. The van der Waals surface area contributed by atoms with Gasteiger partial charge < -0.3 is 29.2 Å². The first-order chi connectivity index (χ1) is 15.1. The van der Waals surface area contributed by atoms with E-state index in [0.29, 0.717) is 11.3 Å². The number of hydrogen-bond donors (Lipinski definition) is 2. The zero-order valence-electron chi connectivity index (χ0n) is 18.2. The van der Waals surface area contributed by atoms with E-state index >= 15 is 0 Å². The van der Waals surface area contributed by atoms with Gasteiger partial charge in [0.15, 0.2) is 17.3 Å². The summed E-state index contributed by atoms with van der Waals surface area (Å²) >= 11 is 5.78. The maximum atomic E-state index is 13.0. The van der Waals surface area contributed by atoms with Crippen LogP contribution in [-0.4, -0.2) is 53.8 Å². The van der Waals surface area contributed by atoms with Crippen LogP contribution in [0.1, 0.15) is 34.8 Å². The number of Topliss-reactive ketones (excluding diaryl/α,β-unsaturated/α-hetero) is 1.